The van der Waals surface area contributed by atoms with Crippen molar-refractivity contribution in [2.75, 3.05) is 27.4 Å². The molecule has 0 N–H and O–H groups in total. The van der Waals surface area contributed by atoms with Crippen LogP contribution in [0.25, 0.3) is 10.9 Å². The number of aromatic nitrogens is 2. The van der Waals surface area contributed by atoms with Gasteiger partial charge in [-0.05, 0) is 57.9 Å². The molecule has 0 unspecified atom stereocenters. The zero-order valence-corrected chi connectivity index (χ0v) is 19.0. The lowest BCUT2D eigenvalue weighted by Crippen LogP contribution is -2.44. The zero-order chi connectivity index (χ0) is 21.8. The predicted molar refractivity (Wildman–Crippen MR) is 119 cm³/mol. The van der Waals surface area contributed by atoms with Crippen LogP contribution in [0.15, 0.2) is 18.2 Å². The van der Waals surface area contributed by atoms with E-state index in [0.717, 1.165) is 80.4 Å². The summed E-state index contributed by atoms with van der Waals surface area (Å²) in [7, 11) is 3.42. The Morgan fingerprint density at radius 1 is 1.26 bits per heavy atom. The Bertz CT molecular complexity index is 886. The van der Waals surface area contributed by atoms with Crippen LogP contribution in [-0.2, 0) is 20.8 Å². The highest BCUT2D eigenvalue weighted by Gasteiger charge is 2.41. The number of aryl methyl sites for hydroxylation is 1. The molecule has 7 heteroatoms. The summed E-state index contributed by atoms with van der Waals surface area (Å²) >= 11 is 0. The summed E-state index contributed by atoms with van der Waals surface area (Å²) in [6.45, 7) is 4.32. The number of fused-ring (bicyclic) bond motifs is 1. The number of carbonyl (C=O) groups is 1. The summed E-state index contributed by atoms with van der Waals surface area (Å²) in [6.07, 6.45) is 6.66. The Morgan fingerprint density at radius 2 is 2.10 bits per heavy atom. The van der Waals surface area contributed by atoms with Crippen LogP contribution in [0.3, 0.4) is 0 Å². The minimum atomic E-state index is -0.311. The van der Waals surface area contributed by atoms with Crippen molar-refractivity contribution in [3.63, 3.8) is 0 Å². The predicted octanol–water partition coefficient (Wildman–Crippen LogP) is 4.09. The number of carbonyl (C=O) groups excluding carboxylic acids is 1. The number of unbranched alkanes of at least 4 members (excludes halogenated alkanes) is 1. The van der Waals surface area contributed by atoms with E-state index >= 15 is 0 Å². The van der Waals surface area contributed by atoms with Crippen molar-refractivity contribution in [1.82, 2.24) is 14.7 Å². The maximum absolute atomic E-state index is 13.4. The van der Waals surface area contributed by atoms with Crippen LogP contribution < -0.4 is 4.74 Å². The average Bonchev–Trinajstić information content (AvgIpc) is 3.57. The molecule has 2 aliphatic rings. The molecule has 0 radical (unpaired) electrons. The van der Waals surface area contributed by atoms with Crippen LogP contribution in [0.2, 0.25) is 0 Å². The van der Waals surface area contributed by atoms with Gasteiger partial charge in [0.05, 0.1) is 18.8 Å². The third kappa shape index (κ3) is 4.72. The van der Waals surface area contributed by atoms with Crippen LogP contribution in [-0.4, -0.2) is 60.2 Å². The molecule has 2 aromatic rings. The highest BCUT2D eigenvalue weighted by atomic mass is 16.5. The summed E-state index contributed by atoms with van der Waals surface area (Å²) in [5.74, 6) is 0.940. The highest BCUT2D eigenvalue weighted by Crippen LogP contribution is 2.39. The largest absolute Gasteiger partial charge is 0.494 e. The van der Waals surface area contributed by atoms with Crippen molar-refractivity contribution in [1.29, 1.82) is 0 Å². The fourth-order valence-electron chi connectivity index (χ4n) is 4.65. The van der Waals surface area contributed by atoms with E-state index in [9.17, 15) is 4.79 Å². The molecule has 1 aliphatic heterocycles. The molecule has 4 rings (SSSR count). The van der Waals surface area contributed by atoms with Crippen molar-refractivity contribution in [3.05, 3.63) is 23.9 Å². The Labute approximate surface area is 184 Å². The Hall–Kier alpha value is -2.12. The van der Waals surface area contributed by atoms with Crippen molar-refractivity contribution in [2.24, 2.45) is 0 Å². The molecule has 1 saturated heterocycles. The van der Waals surface area contributed by atoms with Gasteiger partial charge in [-0.3, -0.25) is 9.48 Å². The number of ether oxygens (including phenoxy) is 3. The van der Waals surface area contributed by atoms with Crippen molar-refractivity contribution < 1.29 is 19.0 Å². The molecule has 1 aromatic heterocycles. The minimum Gasteiger partial charge on any atom is -0.494 e. The van der Waals surface area contributed by atoms with E-state index in [1.165, 1.54) is 0 Å². The van der Waals surface area contributed by atoms with Gasteiger partial charge in [0.1, 0.15) is 17.4 Å². The van der Waals surface area contributed by atoms with E-state index in [1.54, 1.807) is 14.2 Å². The summed E-state index contributed by atoms with van der Waals surface area (Å²) in [5, 5.41) is 6.07. The maximum atomic E-state index is 13.4. The first-order valence-electron chi connectivity index (χ1n) is 11.6. The molecule has 2 atom stereocenters. The Kier molecular flexibility index (Phi) is 7.13. The van der Waals surface area contributed by atoms with E-state index in [1.807, 2.05) is 21.7 Å². The van der Waals surface area contributed by atoms with Gasteiger partial charge in [-0.25, -0.2) is 0 Å². The monoisotopic (exact) mass is 429 g/mol. The highest BCUT2D eigenvalue weighted by molar-refractivity contribution is 5.89. The van der Waals surface area contributed by atoms with Gasteiger partial charge in [0, 0.05) is 38.3 Å². The van der Waals surface area contributed by atoms with E-state index < -0.39 is 0 Å². The minimum absolute atomic E-state index is 0.111. The van der Waals surface area contributed by atoms with Gasteiger partial charge >= 0.3 is 0 Å². The molecule has 1 saturated carbocycles. The van der Waals surface area contributed by atoms with Gasteiger partial charge < -0.3 is 19.1 Å². The van der Waals surface area contributed by atoms with Crippen LogP contribution in [0, 0.1) is 0 Å². The molecule has 0 bridgehead atoms. The fraction of sp³-hybridized carbons (Fsp3) is 0.667. The SMILES string of the molecule is COCCCCn1nc([C@@H](C)N(C(=O)[C@H]2CCCCO2)C2CC2)c2cccc(OC)c21. The van der Waals surface area contributed by atoms with Crippen molar-refractivity contribution in [2.45, 2.75) is 76.6 Å². The van der Waals surface area contributed by atoms with Crippen molar-refractivity contribution >= 4 is 16.8 Å². The van der Waals surface area contributed by atoms with E-state index in [0.29, 0.717) is 12.6 Å². The molecule has 31 heavy (non-hydrogen) atoms. The number of amides is 1. The second-order valence-corrected chi connectivity index (χ2v) is 8.67. The van der Waals surface area contributed by atoms with E-state index in [4.69, 9.17) is 19.3 Å². The number of benzene rings is 1. The van der Waals surface area contributed by atoms with Crippen LogP contribution in [0.4, 0.5) is 0 Å². The molecule has 1 amide bonds. The normalized spacial score (nSPS) is 20.0. The van der Waals surface area contributed by atoms with Gasteiger partial charge in [0.15, 0.2) is 0 Å². The number of rotatable bonds is 10. The van der Waals surface area contributed by atoms with Crippen LogP contribution >= 0.6 is 0 Å². The molecule has 7 nitrogen and oxygen atoms in total. The lowest BCUT2D eigenvalue weighted by atomic mass is 10.0. The average molecular weight is 430 g/mol. The third-order valence-corrected chi connectivity index (χ3v) is 6.41. The standard InChI is InChI=1S/C24H35N3O4/c1-17(27(18-12-13-18)24(28)21-10-4-6-16-31-21)22-19-9-8-11-20(30-3)23(19)26(25-22)14-5-7-15-29-2/h8-9,11,17-18,21H,4-7,10,12-16H2,1-3H3/t17-,21-/m1/s1. The van der Waals surface area contributed by atoms with Gasteiger partial charge in [-0.2, -0.15) is 5.10 Å². The quantitative estimate of drug-likeness (QED) is 0.532. The van der Waals surface area contributed by atoms with Gasteiger partial charge in [-0.1, -0.05) is 12.1 Å². The van der Waals surface area contributed by atoms with Gasteiger partial charge in [0.2, 0.25) is 0 Å². The first-order chi connectivity index (χ1) is 15.2. The molecule has 1 aliphatic carbocycles. The topological polar surface area (TPSA) is 65.8 Å². The molecular weight excluding hydrogens is 394 g/mol. The number of para-hydroxylation sites is 1. The summed E-state index contributed by atoms with van der Waals surface area (Å²) in [6, 6.07) is 6.25. The lowest BCUT2D eigenvalue weighted by Gasteiger charge is -2.33. The molecule has 170 valence electrons. The molecular formula is C24H35N3O4. The second-order valence-electron chi connectivity index (χ2n) is 8.67. The number of hydrogen-bond donors (Lipinski definition) is 0. The zero-order valence-electron chi connectivity index (χ0n) is 19.0. The summed E-state index contributed by atoms with van der Waals surface area (Å²) in [4.78, 5) is 15.5. The number of methoxy groups -OCH3 is 2. The van der Waals surface area contributed by atoms with E-state index in [2.05, 4.69) is 13.0 Å². The van der Waals surface area contributed by atoms with Gasteiger partial charge in [-0.15, -0.1) is 0 Å². The molecule has 2 fully saturated rings. The number of nitrogens with zero attached hydrogens (tertiary/aromatic N) is 3. The Morgan fingerprint density at radius 3 is 2.77 bits per heavy atom. The Balaban J connectivity index is 1.65. The third-order valence-electron chi connectivity index (χ3n) is 6.41. The van der Waals surface area contributed by atoms with Crippen LogP contribution in [0.5, 0.6) is 5.75 Å². The fourth-order valence-corrected chi connectivity index (χ4v) is 4.65. The van der Waals surface area contributed by atoms with Crippen LogP contribution in [0.1, 0.15) is 63.6 Å². The van der Waals surface area contributed by atoms with Gasteiger partial charge in [0.25, 0.3) is 5.91 Å². The number of hydrogen-bond acceptors (Lipinski definition) is 5. The maximum Gasteiger partial charge on any atom is 0.252 e. The van der Waals surface area contributed by atoms with E-state index in [-0.39, 0.29) is 18.1 Å². The second kappa shape index (κ2) is 10.0. The molecule has 2 heterocycles. The first kappa shape index (κ1) is 22.1. The smallest absolute Gasteiger partial charge is 0.252 e. The lowest BCUT2D eigenvalue weighted by molar-refractivity contribution is -0.149. The summed E-state index contributed by atoms with van der Waals surface area (Å²) in [5.41, 5.74) is 1.94. The summed E-state index contributed by atoms with van der Waals surface area (Å²) < 4.78 is 18.7. The molecule has 0 spiro atoms. The molecule has 1 aromatic carbocycles. The first-order valence-corrected chi connectivity index (χ1v) is 11.6. The van der Waals surface area contributed by atoms with Crippen molar-refractivity contribution in [3.8, 4) is 5.75 Å².